The molecule has 3 rings (SSSR count). The zero-order valence-corrected chi connectivity index (χ0v) is 15.7. The van der Waals surface area contributed by atoms with Gasteiger partial charge in [-0.25, -0.2) is 4.79 Å². The molecule has 1 aliphatic rings. The van der Waals surface area contributed by atoms with E-state index in [4.69, 9.17) is 0 Å². The van der Waals surface area contributed by atoms with E-state index in [0.717, 1.165) is 4.90 Å². The van der Waals surface area contributed by atoms with E-state index in [2.05, 4.69) is 10.3 Å². The van der Waals surface area contributed by atoms with E-state index in [-0.39, 0.29) is 11.5 Å². The summed E-state index contributed by atoms with van der Waals surface area (Å²) in [6.07, 6.45) is 0. The predicted molar refractivity (Wildman–Crippen MR) is 98.6 cm³/mol. The van der Waals surface area contributed by atoms with Crippen LogP contribution in [0.25, 0.3) is 0 Å². The second kappa shape index (κ2) is 6.50. The number of imide groups is 1. The molecule has 0 bridgehead atoms. The van der Waals surface area contributed by atoms with Crippen molar-refractivity contribution in [2.45, 2.75) is 33.2 Å². The van der Waals surface area contributed by atoms with Crippen molar-refractivity contribution in [1.29, 1.82) is 0 Å². The van der Waals surface area contributed by atoms with E-state index in [1.807, 2.05) is 6.07 Å². The molecule has 2 N–H and O–H groups in total. The number of carbonyl (C=O) groups excluding carboxylic acids is 4. The monoisotopic (exact) mass is 367 g/mol. The van der Waals surface area contributed by atoms with Crippen molar-refractivity contribution in [3.63, 3.8) is 0 Å². The quantitative estimate of drug-likeness (QED) is 0.626. The van der Waals surface area contributed by atoms with Gasteiger partial charge in [0.1, 0.15) is 5.54 Å². The number of ketones is 2. The molecule has 2 heterocycles. The highest BCUT2D eigenvalue weighted by Gasteiger charge is 2.49. The Bertz CT molecular complexity index is 961. The second-order valence-electron chi connectivity index (χ2n) is 6.92. The summed E-state index contributed by atoms with van der Waals surface area (Å²) >= 11 is 0. The van der Waals surface area contributed by atoms with E-state index in [0.29, 0.717) is 22.4 Å². The second-order valence-corrected chi connectivity index (χ2v) is 6.92. The Morgan fingerprint density at radius 3 is 2.30 bits per heavy atom. The van der Waals surface area contributed by atoms with E-state index in [1.54, 1.807) is 45.0 Å². The third-order valence-corrected chi connectivity index (χ3v) is 5.00. The van der Waals surface area contributed by atoms with E-state index < -0.39 is 29.8 Å². The maximum atomic E-state index is 12.9. The highest BCUT2D eigenvalue weighted by molar-refractivity contribution is 6.12. The number of hydrogen-bond donors (Lipinski definition) is 2. The molecule has 2 aromatic rings. The minimum absolute atomic E-state index is 0.146. The van der Waals surface area contributed by atoms with Crippen molar-refractivity contribution in [2.24, 2.45) is 0 Å². The van der Waals surface area contributed by atoms with Crippen LogP contribution >= 0.6 is 0 Å². The van der Waals surface area contributed by atoms with Crippen molar-refractivity contribution in [3.8, 4) is 0 Å². The average molecular weight is 367 g/mol. The number of nitrogens with zero attached hydrogens (tertiary/aromatic N) is 1. The first kappa shape index (κ1) is 18.6. The van der Waals surface area contributed by atoms with Crippen LogP contribution in [0, 0.1) is 13.8 Å². The van der Waals surface area contributed by atoms with Gasteiger partial charge in [0.15, 0.2) is 11.6 Å². The molecule has 0 aliphatic carbocycles. The van der Waals surface area contributed by atoms with Crippen LogP contribution in [0.4, 0.5) is 4.79 Å². The van der Waals surface area contributed by atoms with Crippen LogP contribution in [0.2, 0.25) is 0 Å². The Morgan fingerprint density at radius 2 is 1.74 bits per heavy atom. The Balaban J connectivity index is 1.87. The van der Waals surface area contributed by atoms with Gasteiger partial charge in [-0.2, -0.15) is 0 Å². The predicted octanol–water partition coefficient (Wildman–Crippen LogP) is 2.48. The van der Waals surface area contributed by atoms with Gasteiger partial charge in [-0.15, -0.1) is 0 Å². The van der Waals surface area contributed by atoms with Gasteiger partial charge in [0, 0.05) is 11.3 Å². The van der Waals surface area contributed by atoms with Crippen molar-refractivity contribution in [2.75, 3.05) is 6.54 Å². The Hall–Kier alpha value is -3.22. The van der Waals surface area contributed by atoms with Crippen molar-refractivity contribution in [3.05, 3.63) is 58.4 Å². The standard InChI is InChI=1S/C20H21N3O4/c1-11-16(13(3)24)12(2)21-17(11)15(25)10-23-18(26)20(4,22-19(23)27)14-8-6-5-7-9-14/h5-9,21H,10H2,1-4H3,(H,22,27)/t20-/m0/s1. The number of hydrogen-bond acceptors (Lipinski definition) is 4. The Kier molecular flexibility index (Phi) is 4.47. The molecule has 3 amide bonds. The lowest BCUT2D eigenvalue weighted by Gasteiger charge is -2.22. The smallest absolute Gasteiger partial charge is 0.325 e. The molecule has 1 fully saturated rings. The van der Waals surface area contributed by atoms with Gasteiger partial charge in [0.2, 0.25) is 0 Å². The highest BCUT2D eigenvalue weighted by Crippen LogP contribution is 2.29. The van der Waals surface area contributed by atoms with E-state index in [1.165, 1.54) is 6.92 Å². The first-order valence-electron chi connectivity index (χ1n) is 8.59. The molecule has 1 aromatic heterocycles. The summed E-state index contributed by atoms with van der Waals surface area (Å²) in [6.45, 7) is 6.03. The summed E-state index contributed by atoms with van der Waals surface area (Å²) in [5, 5.41) is 2.67. The molecular formula is C20H21N3O4. The zero-order valence-electron chi connectivity index (χ0n) is 15.7. The molecular weight excluding hydrogens is 346 g/mol. The van der Waals surface area contributed by atoms with Gasteiger partial charge in [-0.05, 0) is 38.8 Å². The summed E-state index contributed by atoms with van der Waals surface area (Å²) in [6, 6.07) is 8.26. The molecule has 1 aromatic carbocycles. The topological polar surface area (TPSA) is 99.3 Å². The third-order valence-electron chi connectivity index (χ3n) is 5.00. The van der Waals surface area contributed by atoms with Gasteiger partial charge in [-0.3, -0.25) is 19.3 Å². The maximum absolute atomic E-state index is 12.9. The minimum Gasteiger partial charge on any atom is -0.355 e. The zero-order chi connectivity index (χ0) is 19.9. The molecule has 1 saturated heterocycles. The van der Waals surface area contributed by atoms with Gasteiger partial charge < -0.3 is 10.3 Å². The number of aromatic amines is 1. The lowest BCUT2D eigenvalue weighted by molar-refractivity contribution is -0.130. The number of urea groups is 1. The molecule has 140 valence electrons. The Morgan fingerprint density at radius 1 is 1.11 bits per heavy atom. The molecule has 27 heavy (non-hydrogen) atoms. The van der Waals surface area contributed by atoms with Gasteiger partial charge in [-0.1, -0.05) is 30.3 Å². The van der Waals surface area contributed by atoms with Gasteiger partial charge in [0.25, 0.3) is 5.91 Å². The van der Waals surface area contributed by atoms with Gasteiger partial charge in [0.05, 0.1) is 12.2 Å². The van der Waals surface area contributed by atoms with Crippen molar-refractivity contribution in [1.82, 2.24) is 15.2 Å². The van der Waals surface area contributed by atoms with Crippen LogP contribution < -0.4 is 5.32 Å². The Labute approximate surface area is 156 Å². The summed E-state index contributed by atoms with van der Waals surface area (Å²) in [5.41, 5.74) is 1.25. The summed E-state index contributed by atoms with van der Waals surface area (Å²) in [4.78, 5) is 53.6. The molecule has 0 saturated carbocycles. The summed E-state index contributed by atoms with van der Waals surface area (Å²) < 4.78 is 0. The normalized spacial score (nSPS) is 19.3. The molecule has 1 atom stereocenters. The number of amides is 3. The number of Topliss-reactive ketones (excluding diaryl/α,β-unsaturated/α-hetero) is 2. The fraction of sp³-hybridized carbons (Fsp3) is 0.300. The van der Waals surface area contributed by atoms with Crippen LogP contribution in [-0.4, -0.2) is 39.9 Å². The molecule has 0 spiro atoms. The van der Waals surface area contributed by atoms with Crippen LogP contribution in [0.5, 0.6) is 0 Å². The number of H-pyrrole nitrogens is 1. The first-order chi connectivity index (χ1) is 12.7. The van der Waals surface area contributed by atoms with Crippen LogP contribution in [0.1, 0.15) is 51.5 Å². The molecule has 7 nitrogen and oxygen atoms in total. The lowest BCUT2D eigenvalue weighted by Crippen LogP contribution is -2.41. The fourth-order valence-electron chi connectivity index (χ4n) is 3.59. The van der Waals surface area contributed by atoms with Crippen LogP contribution in [0.3, 0.4) is 0 Å². The first-order valence-corrected chi connectivity index (χ1v) is 8.59. The number of aryl methyl sites for hydroxylation is 1. The number of carbonyl (C=O) groups is 4. The molecule has 1 aliphatic heterocycles. The lowest BCUT2D eigenvalue weighted by atomic mass is 9.92. The minimum atomic E-state index is -1.22. The summed E-state index contributed by atoms with van der Waals surface area (Å²) in [5.74, 6) is -1.06. The molecule has 0 radical (unpaired) electrons. The average Bonchev–Trinajstić information content (AvgIpc) is 3.04. The fourth-order valence-corrected chi connectivity index (χ4v) is 3.59. The number of nitrogens with one attached hydrogen (secondary N) is 2. The highest BCUT2D eigenvalue weighted by atomic mass is 16.2. The van der Waals surface area contributed by atoms with Crippen molar-refractivity contribution >= 4 is 23.5 Å². The van der Waals surface area contributed by atoms with Crippen LogP contribution in [-0.2, 0) is 10.3 Å². The van der Waals surface area contributed by atoms with Crippen LogP contribution in [0.15, 0.2) is 30.3 Å². The van der Waals surface area contributed by atoms with Gasteiger partial charge >= 0.3 is 6.03 Å². The third kappa shape index (κ3) is 2.95. The maximum Gasteiger partial charge on any atom is 0.325 e. The molecule has 0 unspecified atom stereocenters. The molecule has 7 heteroatoms. The number of aromatic nitrogens is 1. The largest absolute Gasteiger partial charge is 0.355 e. The summed E-state index contributed by atoms with van der Waals surface area (Å²) in [7, 11) is 0. The SMILES string of the molecule is CC(=O)c1c(C)[nH]c(C(=O)CN2C(=O)N[C@@](C)(c3ccccc3)C2=O)c1C. The number of rotatable bonds is 5. The number of benzene rings is 1. The van der Waals surface area contributed by atoms with E-state index in [9.17, 15) is 19.2 Å². The van der Waals surface area contributed by atoms with E-state index >= 15 is 0 Å². The van der Waals surface area contributed by atoms with Crippen molar-refractivity contribution < 1.29 is 19.2 Å².